The second kappa shape index (κ2) is 5.54. The number of nitriles is 1. The van der Waals surface area contributed by atoms with E-state index in [9.17, 15) is 8.78 Å². The van der Waals surface area contributed by atoms with Gasteiger partial charge in [-0.1, -0.05) is 6.92 Å². The van der Waals surface area contributed by atoms with Crippen molar-refractivity contribution in [2.75, 3.05) is 25.5 Å². The quantitative estimate of drug-likeness (QED) is 0.893. The summed E-state index contributed by atoms with van der Waals surface area (Å²) in [6, 6.07) is 3.91. The number of halogens is 2. The Hall–Kier alpha value is -1.67. The first-order valence-corrected chi connectivity index (χ1v) is 6.35. The number of likely N-dealkylation sites (tertiary alicyclic amines) is 1. The van der Waals surface area contributed by atoms with Crippen molar-refractivity contribution in [1.82, 2.24) is 4.90 Å². The summed E-state index contributed by atoms with van der Waals surface area (Å²) in [6.45, 7) is 3.87. The van der Waals surface area contributed by atoms with E-state index in [1.54, 1.807) is 6.07 Å². The minimum Gasteiger partial charge on any atom is -0.377 e. The normalized spacial score (nSPS) is 23.9. The zero-order valence-electron chi connectivity index (χ0n) is 11.1. The molecule has 1 saturated heterocycles. The van der Waals surface area contributed by atoms with E-state index in [1.165, 1.54) is 0 Å². The molecule has 3 nitrogen and oxygen atoms in total. The molecule has 1 aromatic rings. The largest absolute Gasteiger partial charge is 0.377 e. The number of rotatable bonds is 2. The predicted octanol–water partition coefficient (Wildman–Crippen LogP) is 2.59. The van der Waals surface area contributed by atoms with E-state index in [1.807, 2.05) is 7.05 Å². The van der Waals surface area contributed by atoms with Gasteiger partial charge in [-0.25, -0.2) is 8.78 Å². The molecule has 0 aromatic heterocycles. The molecule has 0 radical (unpaired) electrons. The van der Waals surface area contributed by atoms with Gasteiger partial charge in [-0.05, 0) is 38.1 Å². The van der Waals surface area contributed by atoms with Crippen LogP contribution in [0.25, 0.3) is 0 Å². The molecule has 0 amide bonds. The SMILES string of the molecule is CC1CN(C)CCC1Nc1c(F)cc(C#N)cc1F. The number of hydrogen-bond acceptors (Lipinski definition) is 3. The van der Waals surface area contributed by atoms with Gasteiger partial charge in [0.25, 0.3) is 0 Å². The van der Waals surface area contributed by atoms with Gasteiger partial charge < -0.3 is 10.2 Å². The van der Waals surface area contributed by atoms with E-state index in [4.69, 9.17) is 5.26 Å². The van der Waals surface area contributed by atoms with Gasteiger partial charge in [0.15, 0.2) is 11.6 Å². The standard InChI is InChI=1S/C14H17F2N3/c1-9-8-19(2)4-3-13(9)18-14-11(15)5-10(7-17)6-12(14)16/h5-6,9,13,18H,3-4,8H2,1-2H3. The maximum atomic E-state index is 13.8. The number of piperidine rings is 1. The van der Waals surface area contributed by atoms with Crippen LogP contribution in [0.1, 0.15) is 18.9 Å². The molecule has 102 valence electrons. The third kappa shape index (κ3) is 3.02. The highest BCUT2D eigenvalue weighted by molar-refractivity contribution is 5.51. The smallest absolute Gasteiger partial charge is 0.150 e. The molecule has 1 N–H and O–H groups in total. The van der Waals surface area contributed by atoms with Crippen LogP contribution in [0.3, 0.4) is 0 Å². The van der Waals surface area contributed by atoms with Crippen LogP contribution in [-0.4, -0.2) is 31.1 Å². The summed E-state index contributed by atoms with van der Waals surface area (Å²) < 4.78 is 27.6. The summed E-state index contributed by atoms with van der Waals surface area (Å²) in [5.41, 5.74) is -0.127. The Bertz CT molecular complexity index is 487. The maximum Gasteiger partial charge on any atom is 0.150 e. The summed E-state index contributed by atoms with van der Waals surface area (Å²) in [5, 5.41) is 11.6. The molecule has 1 aromatic carbocycles. The molecule has 1 fully saturated rings. The highest BCUT2D eigenvalue weighted by Gasteiger charge is 2.25. The minimum absolute atomic E-state index is 0.00280. The Balaban J connectivity index is 2.18. The van der Waals surface area contributed by atoms with Crippen molar-refractivity contribution < 1.29 is 8.78 Å². The summed E-state index contributed by atoms with van der Waals surface area (Å²) in [4.78, 5) is 2.20. The van der Waals surface area contributed by atoms with Crippen molar-refractivity contribution in [3.63, 3.8) is 0 Å². The topological polar surface area (TPSA) is 39.1 Å². The molecular formula is C14H17F2N3. The van der Waals surface area contributed by atoms with Crippen molar-refractivity contribution in [3.05, 3.63) is 29.3 Å². The van der Waals surface area contributed by atoms with Crippen molar-refractivity contribution in [2.24, 2.45) is 5.92 Å². The second-order valence-electron chi connectivity index (χ2n) is 5.21. The molecule has 19 heavy (non-hydrogen) atoms. The number of benzene rings is 1. The lowest BCUT2D eigenvalue weighted by molar-refractivity contribution is 0.205. The van der Waals surface area contributed by atoms with Crippen LogP contribution >= 0.6 is 0 Å². The van der Waals surface area contributed by atoms with Crippen molar-refractivity contribution in [2.45, 2.75) is 19.4 Å². The Morgan fingerprint density at radius 2 is 2.00 bits per heavy atom. The predicted molar refractivity (Wildman–Crippen MR) is 69.8 cm³/mol. The van der Waals surface area contributed by atoms with Gasteiger partial charge in [0, 0.05) is 12.6 Å². The average molecular weight is 265 g/mol. The third-order valence-electron chi connectivity index (χ3n) is 3.61. The highest BCUT2D eigenvalue weighted by atomic mass is 19.1. The summed E-state index contributed by atoms with van der Waals surface area (Å²) >= 11 is 0. The van der Waals surface area contributed by atoms with Gasteiger partial charge in [0.2, 0.25) is 0 Å². The fourth-order valence-corrected chi connectivity index (χ4v) is 2.53. The Morgan fingerprint density at radius 3 is 2.53 bits per heavy atom. The van der Waals surface area contributed by atoms with Gasteiger partial charge in [-0.3, -0.25) is 0 Å². The number of nitrogens with zero attached hydrogens (tertiary/aromatic N) is 2. The average Bonchev–Trinajstić information content (AvgIpc) is 2.35. The Morgan fingerprint density at radius 1 is 1.37 bits per heavy atom. The zero-order valence-corrected chi connectivity index (χ0v) is 11.1. The molecule has 1 aliphatic heterocycles. The van der Waals surface area contributed by atoms with Gasteiger partial charge in [-0.2, -0.15) is 5.26 Å². The first-order chi connectivity index (χ1) is 9.01. The van der Waals surface area contributed by atoms with Gasteiger partial charge in [0.1, 0.15) is 5.69 Å². The molecule has 2 atom stereocenters. The van der Waals surface area contributed by atoms with Crippen LogP contribution < -0.4 is 5.32 Å². The number of hydrogen-bond donors (Lipinski definition) is 1. The lowest BCUT2D eigenvalue weighted by Gasteiger charge is -2.35. The molecule has 1 aliphatic rings. The minimum atomic E-state index is -0.706. The molecule has 2 rings (SSSR count). The van der Waals surface area contributed by atoms with E-state index < -0.39 is 11.6 Å². The molecule has 0 aliphatic carbocycles. The maximum absolute atomic E-state index is 13.8. The van der Waals surface area contributed by atoms with E-state index in [0.717, 1.165) is 31.6 Å². The van der Waals surface area contributed by atoms with E-state index in [-0.39, 0.29) is 17.3 Å². The molecule has 0 bridgehead atoms. The van der Waals surface area contributed by atoms with Crippen molar-refractivity contribution >= 4 is 5.69 Å². The van der Waals surface area contributed by atoms with Gasteiger partial charge in [-0.15, -0.1) is 0 Å². The van der Waals surface area contributed by atoms with Gasteiger partial charge >= 0.3 is 0 Å². The van der Waals surface area contributed by atoms with Crippen LogP contribution in [0.5, 0.6) is 0 Å². The lowest BCUT2D eigenvalue weighted by atomic mass is 9.94. The molecule has 5 heteroatoms. The van der Waals surface area contributed by atoms with E-state index in [2.05, 4.69) is 17.1 Å². The van der Waals surface area contributed by atoms with E-state index in [0.29, 0.717) is 5.92 Å². The zero-order chi connectivity index (χ0) is 14.0. The molecule has 1 heterocycles. The van der Waals surface area contributed by atoms with Crippen LogP contribution in [0.4, 0.5) is 14.5 Å². The Labute approximate surface area is 111 Å². The van der Waals surface area contributed by atoms with Crippen molar-refractivity contribution in [1.29, 1.82) is 5.26 Å². The third-order valence-corrected chi connectivity index (χ3v) is 3.61. The van der Waals surface area contributed by atoms with Crippen LogP contribution in [0.15, 0.2) is 12.1 Å². The fourth-order valence-electron chi connectivity index (χ4n) is 2.53. The monoisotopic (exact) mass is 265 g/mol. The van der Waals surface area contributed by atoms with Crippen LogP contribution in [0, 0.1) is 28.9 Å². The van der Waals surface area contributed by atoms with Crippen LogP contribution in [-0.2, 0) is 0 Å². The van der Waals surface area contributed by atoms with Gasteiger partial charge in [0.05, 0.1) is 11.6 Å². The first-order valence-electron chi connectivity index (χ1n) is 6.35. The molecule has 2 unspecified atom stereocenters. The molecular weight excluding hydrogens is 248 g/mol. The Kier molecular flexibility index (Phi) is 4.01. The first kappa shape index (κ1) is 13.8. The molecule has 0 spiro atoms. The fraction of sp³-hybridized carbons (Fsp3) is 0.500. The van der Waals surface area contributed by atoms with E-state index >= 15 is 0 Å². The number of nitrogens with one attached hydrogen (secondary N) is 1. The highest BCUT2D eigenvalue weighted by Crippen LogP contribution is 2.25. The summed E-state index contributed by atoms with van der Waals surface area (Å²) in [7, 11) is 2.04. The second-order valence-corrected chi connectivity index (χ2v) is 5.21. The molecule has 0 saturated carbocycles. The van der Waals surface area contributed by atoms with Crippen LogP contribution in [0.2, 0.25) is 0 Å². The summed E-state index contributed by atoms with van der Waals surface area (Å²) in [5.74, 6) is -1.10. The lowest BCUT2D eigenvalue weighted by Crippen LogP contribution is -2.43. The summed E-state index contributed by atoms with van der Waals surface area (Å²) in [6.07, 6.45) is 0.844. The van der Waals surface area contributed by atoms with Crippen molar-refractivity contribution in [3.8, 4) is 6.07 Å². The number of anilines is 1.